The largest absolute Gasteiger partial charge is 0.480 e. The molecule has 2 unspecified atom stereocenters. The van der Waals surface area contributed by atoms with E-state index in [-0.39, 0.29) is 6.04 Å². The number of aliphatic carboxylic acids is 1. The first-order chi connectivity index (χ1) is 10.2. The number of carbonyl (C=O) groups is 1. The third-order valence-corrected chi connectivity index (χ3v) is 4.67. The van der Waals surface area contributed by atoms with Crippen LogP contribution in [0.4, 0.5) is 0 Å². The first kappa shape index (κ1) is 16.0. The van der Waals surface area contributed by atoms with Crippen molar-refractivity contribution in [2.45, 2.75) is 58.5 Å². The molecule has 0 aromatic heterocycles. The van der Waals surface area contributed by atoms with Gasteiger partial charge in [-0.05, 0) is 29.9 Å². The Hall–Kier alpha value is -1.35. The number of carboxylic acids is 1. The molecule has 2 atom stereocenters. The fourth-order valence-electron chi connectivity index (χ4n) is 3.26. The molecule has 0 spiro atoms. The van der Waals surface area contributed by atoms with Gasteiger partial charge in [-0.3, -0.25) is 9.69 Å². The van der Waals surface area contributed by atoms with Gasteiger partial charge in [0.15, 0.2) is 0 Å². The van der Waals surface area contributed by atoms with E-state index in [1.165, 1.54) is 30.4 Å². The Morgan fingerprint density at radius 2 is 2.05 bits per heavy atom. The molecule has 116 valence electrons. The van der Waals surface area contributed by atoms with E-state index in [4.69, 9.17) is 0 Å². The van der Waals surface area contributed by atoms with Crippen molar-refractivity contribution in [2.24, 2.45) is 5.92 Å². The van der Waals surface area contributed by atoms with Crippen molar-refractivity contribution in [3.05, 3.63) is 35.4 Å². The van der Waals surface area contributed by atoms with Crippen LogP contribution in [0.15, 0.2) is 24.3 Å². The number of benzene rings is 1. The van der Waals surface area contributed by atoms with Crippen LogP contribution in [-0.2, 0) is 17.8 Å². The standard InChI is InChI=1S/C18H27NO2/c1-3-5-8-14(4-2)12-19-13-16-10-7-6-9-15(16)11-17(19)18(20)21/h6-7,9-10,14,17H,3-5,8,11-13H2,1-2H3,(H,20,21). The fourth-order valence-corrected chi connectivity index (χ4v) is 3.26. The van der Waals surface area contributed by atoms with Gasteiger partial charge >= 0.3 is 5.97 Å². The topological polar surface area (TPSA) is 40.5 Å². The number of hydrogen-bond donors (Lipinski definition) is 1. The van der Waals surface area contributed by atoms with Crippen molar-refractivity contribution in [2.75, 3.05) is 6.54 Å². The predicted octanol–water partition coefficient (Wildman–Crippen LogP) is 3.71. The summed E-state index contributed by atoms with van der Waals surface area (Å²) in [4.78, 5) is 13.8. The molecule has 1 N–H and O–H groups in total. The highest BCUT2D eigenvalue weighted by Gasteiger charge is 2.32. The monoisotopic (exact) mass is 289 g/mol. The van der Waals surface area contributed by atoms with Crippen LogP contribution in [-0.4, -0.2) is 28.6 Å². The number of nitrogens with zero attached hydrogens (tertiary/aromatic N) is 1. The van der Waals surface area contributed by atoms with Crippen LogP contribution >= 0.6 is 0 Å². The molecular formula is C18H27NO2. The number of carboxylic acid groups (broad SMARTS) is 1. The summed E-state index contributed by atoms with van der Waals surface area (Å²) in [7, 11) is 0. The summed E-state index contributed by atoms with van der Waals surface area (Å²) in [6.07, 6.45) is 5.42. The number of hydrogen-bond acceptors (Lipinski definition) is 2. The first-order valence-corrected chi connectivity index (χ1v) is 8.19. The molecule has 3 heteroatoms. The minimum atomic E-state index is -0.685. The second kappa shape index (κ2) is 7.60. The van der Waals surface area contributed by atoms with Crippen molar-refractivity contribution in [3.63, 3.8) is 0 Å². The van der Waals surface area contributed by atoms with Crippen molar-refractivity contribution >= 4 is 5.97 Å². The molecule has 1 heterocycles. The van der Waals surface area contributed by atoms with E-state index >= 15 is 0 Å². The van der Waals surface area contributed by atoms with Crippen LogP contribution in [0.1, 0.15) is 50.7 Å². The second-order valence-corrected chi connectivity index (χ2v) is 6.17. The molecule has 0 amide bonds. The Morgan fingerprint density at radius 3 is 2.67 bits per heavy atom. The van der Waals surface area contributed by atoms with Crippen LogP contribution in [0, 0.1) is 5.92 Å². The van der Waals surface area contributed by atoms with Gasteiger partial charge in [-0.15, -0.1) is 0 Å². The average Bonchev–Trinajstić information content (AvgIpc) is 2.50. The smallest absolute Gasteiger partial charge is 0.321 e. The van der Waals surface area contributed by atoms with E-state index in [0.717, 1.165) is 19.5 Å². The van der Waals surface area contributed by atoms with Gasteiger partial charge < -0.3 is 5.11 Å². The summed E-state index contributed by atoms with van der Waals surface area (Å²) in [5.74, 6) is -0.0769. The summed E-state index contributed by atoms with van der Waals surface area (Å²) >= 11 is 0. The SMILES string of the molecule is CCCCC(CC)CN1Cc2ccccc2CC1C(=O)O. The molecule has 3 nitrogen and oxygen atoms in total. The zero-order chi connectivity index (χ0) is 15.2. The van der Waals surface area contributed by atoms with Gasteiger partial charge in [0.2, 0.25) is 0 Å². The summed E-state index contributed by atoms with van der Waals surface area (Å²) in [6.45, 7) is 6.11. The molecule has 2 rings (SSSR count). The van der Waals surface area contributed by atoms with E-state index in [9.17, 15) is 9.90 Å². The highest BCUT2D eigenvalue weighted by Crippen LogP contribution is 2.26. The molecule has 0 fully saturated rings. The molecule has 21 heavy (non-hydrogen) atoms. The Balaban J connectivity index is 2.10. The van der Waals surface area contributed by atoms with E-state index in [0.29, 0.717) is 12.3 Å². The molecular weight excluding hydrogens is 262 g/mol. The molecule has 1 aromatic rings. The number of rotatable bonds is 7. The van der Waals surface area contributed by atoms with Crippen LogP contribution in [0.5, 0.6) is 0 Å². The van der Waals surface area contributed by atoms with Gasteiger partial charge in [0.05, 0.1) is 0 Å². The molecule has 1 aliphatic heterocycles. The third-order valence-electron chi connectivity index (χ3n) is 4.67. The summed E-state index contributed by atoms with van der Waals surface area (Å²) in [6, 6.07) is 7.89. The normalized spacial score (nSPS) is 20.0. The fraction of sp³-hybridized carbons (Fsp3) is 0.611. The Morgan fingerprint density at radius 1 is 1.33 bits per heavy atom. The Labute approximate surface area is 128 Å². The van der Waals surface area contributed by atoms with E-state index < -0.39 is 5.97 Å². The summed E-state index contributed by atoms with van der Waals surface area (Å²) in [5.41, 5.74) is 2.49. The molecule has 0 saturated heterocycles. The Bertz CT molecular complexity index is 472. The van der Waals surface area contributed by atoms with E-state index in [1.54, 1.807) is 0 Å². The Kier molecular flexibility index (Phi) is 5.80. The lowest BCUT2D eigenvalue weighted by atomic mass is 9.91. The van der Waals surface area contributed by atoms with Crippen molar-refractivity contribution in [3.8, 4) is 0 Å². The lowest BCUT2D eigenvalue weighted by molar-refractivity contribution is -0.144. The zero-order valence-electron chi connectivity index (χ0n) is 13.2. The van der Waals surface area contributed by atoms with Crippen LogP contribution in [0.25, 0.3) is 0 Å². The lowest BCUT2D eigenvalue weighted by Gasteiger charge is -2.36. The highest BCUT2D eigenvalue weighted by atomic mass is 16.4. The van der Waals surface area contributed by atoms with Gasteiger partial charge in [-0.1, -0.05) is 57.4 Å². The first-order valence-electron chi connectivity index (χ1n) is 8.19. The zero-order valence-corrected chi connectivity index (χ0v) is 13.2. The maximum Gasteiger partial charge on any atom is 0.321 e. The van der Waals surface area contributed by atoms with E-state index in [1.807, 2.05) is 12.1 Å². The van der Waals surface area contributed by atoms with Gasteiger partial charge in [-0.2, -0.15) is 0 Å². The molecule has 1 aliphatic rings. The number of fused-ring (bicyclic) bond motifs is 1. The lowest BCUT2D eigenvalue weighted by Crippen LogP contribution is -2.47. The van der Waals surface area contributed by atoms with Crippen molar-refractivity contribution in [1.29, 1.82) is 0 Å². The van der Waals surface area contributed by atoms with E-state index in [2.05, 4.69) is 30.9 Å². The molecule has 0 saturated carbocycles. The molecule has 1 aromatic carbocycles. The predicted molar refractivity (Wildman–Crippen MR) is 85.3 cm³/mol. The van der Waals surface area contributed by atoms with Gasteiger partial charge in [0.25, 0.3) is 0 Å². The summed E-state index contributed by atoms with van der Waals surface area (Å²) < 4.78 is 0. The minimum absolute atomic E-state index is 0.365. The third kappa shape index (κ3) is 4.07. The maximum absolute atomic E-state index is 11.6. The van der Waals surface area contributed by atoms with Crippen LogP contribution in [0.3, 0.4) is 0 Å². The summed E-state index contributed by atoms with van der Waals surface area (Å²) in [5, 5.41) is 9.55. The maximum atomic E-state index is 11.6. The van der Waals surface area contributed by atoms with Gasteiger partial charge in [0, 0.05) is 13.1 Å². The van der Waals surface area contributed by atoms with Gasteiger partial charge in [-0.25, -0.2) is 0 Å². The quantitative estimate of drug-likeness (QED) is 0.831. The highest BCUT2D eigenvalue weighted by molar-refractivity contribution is 5.74. The second-order valence-electron chi connectivity index (χ2n) is 6.17. The van der Waals surface area contributed by atoms with Gasteiger partial charge in [0.1, 0.15) is 6.04 Å². The molecule has 0 radical (unpaired) electrons. The average molecular weight is 289 g/mol. The molecule has 0 bridgehead atoms. The van der Waals surface area contributed by atoms with Crippen LogP contribution in [0.2, 0.25) is 0 Å². The van der Waals surface area contributed by atoms with Crippen molar-refractivity contribution in [1.82, 2.24) is 4.90 Å². The minimum Gasteiger partial charge on any atom is -0.480 e. The van der Waals surface area contributed by atoms with Crippen LogP contribution < -0.4 is 0 Å². The molecule has 0 aliphatic carbocycles. The number of unbranched alkanes of at least 4 members (excludes halogenated alkanes) is 1. The van der Waals surface area contributed by atoms with Crippen molar-refractivity contribution < 1.29 is 9.90 Å².